The van der Waals surface area contributed by atoms with Gasteiger partial charge >= 0.3 is 0 Å². The zero-order valence-electron chi connectivity index (χ0n) is 8.53. The number of nitrogens with zero attached hydrogens (tertiary/aromatic N) is 3. The van der Waals surface area contributed by atoms with Gasteiger partial charge in [0, 0.05) is 19.7 Å². The Kier molecular flexibility index (Phi) is 2.37. The smallest absolute Gasteiger partial charge is 0.221 e. The van der Waals surface area contributed by atoms with E-state index in [9.17, 15) is 4.39 Å². The van der Waals surface area contributed by atoms with Gasteiger partial charge in [0.1, 0.15) is 5.82 Å². The second-order valence-corrected chi connectivity index (χ2v) is 3.14. The van der Waals surface area contributed by atoms with Gasteiger partial charge in [-0.3, -0.25) is 0 Å². The maximum Gasteiger partial charge on any atom is 0.221 e. The van der Waals surface area contributed by atoms with Crippen LogP contribution in [0.5, 0.6) is 0 Å². The third-order valence-electron chi connectivity index (χ3n) is 2.09. The van der Waals surface area contributed by atoms with E-state index in [2.05, 4.69) is 15.4 Å². The van der Waals surface area contributed by atoms with Gasteiger partial charge in [0.05, 0.1) is 0 Å². The van der Waals surface area contributed by atoms with E-state index in [-0.39, 0.29) is 5.82 Å². The van der Waals surface area contributed by atoms with Crippen molar-refractivity contribution in [2.75, 3.05) is 12.4 Å². The van der Waals surface area contributed by atoms with Crippen LogP contribution in [0.15, 0.2) is 24.3 Å². The van der Waals surface area contributed by atoms with Crippen LogP contribution >= 0.6 is 0 Å². The third kappa shape index (κ3) is 1.81. The highest BCUT2D eigenvalue weighted by atomic mass is 19.1. The molecule has 2 rings (SSSR count). The van der Waals surface area contributed by atoms with E-state index in [1.54, 1.807) is 30.9 Å². The molecule has 0 saturated heterocycles. The first-order valence-electron chi connectivity index (χ1n) is 4.55. The number of halogens is 1. The van der Waals surface area contributed by atoms with E-state index in [4.69, 9.17) is 0 Å². The van der Waals surface area contributed by atoms with Gasteiger partial charge in [0.25, 0.3) is 0 Å². The molecule has 4 nitrogen and oxygen atoms in total. The Balaban J connectivity index is 2.41. The van der Waals surface area contributed by atoms with E-state index < -0.39 is 0 Å². The molecule has 1 aromatic heterocycles. The van der Waals surface area contributed by atoms with E-state index in [0.717, 1.165) is 5.56 Å². The van der Waals surface area contributed by atoms with Crippen LogP contribution in [0.4, 0.5) is 10.3 Å². The van der Waals surface area contributed by atoms with Crippen molar-refractivity contribution in [3.8, 4) is 11.4 Å². The summed E-state index contributed by atoms with van der Waals surface area (Å²) in [4.78, 5) is 4.25. The Bertz CT molecular complexity index is 461. The molecule has 5 heteroatoms. The Hall–Kier alpha value is -1.91. The third-order valence-corrected chi connectivity index (χ3v) is 2.09. The summed E-state index contributed by atoms with van der Waals surface area (Å²) in [6.45, 7) is 0. The molecule has 0 saturated carbocycles. The van der Waals surface area contributed by atoms with Crippen LogP contribution in [0.3, 0.4) is 0 Å². The predicted molar refractivity (Wildman–Crippen MR) is 55.9 cm³/mol. The van der Waals surface area contributed by atoms with Crippen molar-refractivity contribution >= 4 is 5.95 Å². The first kappa shape index (κ1) is 9.64. The normalized spacial score (nSPS) is 10.3. The van der Waals surface area contributed by atoms with E-state index in [1.165, 1.54) is 12.1 Å². The average molecular weight is 206 g/mol. The summed E-state index contributed by atoms with van der Waals surface area (Å²) in [7, 11) is 3.57. The molecule has 0 bridgehead atoms. The van der Waals surface area contributed by atoms with E-state index in [1.807, 2.05) is 0 Å². The van der Waals surface area contributed by atoms with Crippen molar-refractivity contribution in [1.29, 1.82) is 0 Å². The number of aromatic nitrogens is 3. The fourth-order valence-corrected chi connectivity index (χ4v) is 1.32. The zero-order valence-corrected chi connectivity index (χ0v) is 8.53. The fourth-order valence-electron chi connectivity index (χ4n) is 1.32. The van der Waals surface area contributed by atoms with Gasteiger partial charge in [-0.25, -0.2) is 9.07 Å². The van der Waals surface area contributed by atoms with Crippen molar-refractivity contribution < 1.29 is 4.39 Å². The summed E-state index contributed by atoms with van der Waals surface area (Å²) in [6, 6.07) is 6.10. The second-order valence-electron chi connectivity index (χ2n) is 3.14. The summed E-state index contributed by atoms with van der Waals surface area (Å²) >= 11 is 0. The minimum atomic E-state index is -0.261. The topological polar surface area (TPSA) is 42.7 Å². The van der Waals surface area contributed by atoms with Gasteiger partial charge in [0.15, 0.2) is 5.82 Å². The Morgan fingerprint density at radius 2 is 1.93 bits per heavy atom. The largest absolute Gasteiger partial charge is 0.357 e. The molecule has 1 heterocycles. The van der Waals surface area contributed by atoms with Crippen LogP contribution in [-0.4, -0.2) is 21.8 Å². The summed E-state index contributed by atoms with van der Waals surface area (Å²) in [6.07, 6.45) is 0. The number of aryl methyl sites for hydroxylation is 1. The fraction of sp³-hybridized carbons (Fsp3) is 0.200. The Morgan fingerprint density at radius 3 is 2.47 bits per heavy atom. The summed E-state index contributed by atoms with van der Waals surface area (Å²) < 4.78 is 14.3. The lowest BCUT2D eigenvalue weighted by molar-refractivity contribution is 0.628. The molecule has 0 atom stereocenters. The first-order chi connectivity index (χ1) is 7.20. The van der Waals surface area contributed by atoms with Gasteiger partial charge in [-0.2, -0.15) is 4.98 Å². The lowest BCUT2D eigenvalue weighted by Crippen LogP contribution is -1.98. The maximum atomic E-state index is 12.7. The molecule has 1 N–H and O–H groups in total. The molecule has 0 aliphatic rings. The first-order valence-corrected chi connectivity index (χ1v) is 4.55. The number of hydrogen-bond acceptors (Lipinski definition) is 3. The van der Waals surface area contributed by atoms with Crippen LogP contribution in [-0.2, 0) is 7.05 Å². The Labute approximate surface area is 86.8 Å². The number of benzene rings is 1. The quantitative estimate of drug-likeness (QED) is 0.812. The number of hydrogen-bond donors (Lipinski definition) is 1. The van der Waals surface area contributed by atoms with Gasteiger partial charge in [-0.05, 0) is 24.3 Å². The van der Waals surface area contributed by atoms with Crippen LogP contribution in [0.25, 0.3) is 11.4 Å². The van der Waals surface area contributed by atoms with E-state index in [0.29, 0.717) is 11.8 Å². The van der Waals surface area contributed by atoms with Crippen LogP contribution < -0.4 is 5.32 Å². The number of anilines is 1. The van der Waals surface area contributed by atoms with Gasteiger partial charge < -0.3 is 5.32 Å². The molecule has 0 aliphatic heterocycles. The standard InChI is InChI=1S/C10H11FN4/c1-12-10-13-9(14-15(10)2)7-3-5-8(11)6-4-7/h3-6H,1-2H3,(H,12,13,14). The monoisotopic (exact) mass is 206 g/mol. The molecular formula is C10H11FN4. The molecule has 0 fully saturated rings. The van der Waals surface area contributed by atoms with Crippen LogP contribution in [0.2, 0.25) is 0 Å². The SMILES string of the molecule is CNc1nc(-c2ccc(F)cc2)nn1C. The molecular weight excluding hydrogens is 195 g/mol. The van der Waals surface area contributed by atoms with Crippen molar-refractivity contribution in [3.63, 3.8) is 0 Å². The van der Waals surface area contributed by atoms with Crippen molar-refractivity contribution in [1.82, 2.24) is 14.8 Å². The van der Waals surface area contributed by atoms with Crippen molar-refractivity contribution in [2.45, 2.75) is 0 Å². The lowest BCUT2D eigenvalue weighted by atomic mass is 10.2. The molecule has 15 heavy (non-hydrogen) atoms. The second kappa shape index (κ2) is 3.68. The lowest BCUT2D eigenvalue weighted by Gasteiger charge is -1.93. The van der Waals surface area contributed by atoms with Crippen molar-refractivity contribution in [2.24, 2.45) is 7.05 Å². The zero-order chi connectivity index (χ0) is 10.8. The maximum absolute atomic E-state index is 12.7. The van der Waals surface area contributed by atoms with Gasteiger partial charge in [0.2, 0.25) is 5.95 Å². The summed E-state index contributed by atoms with van der Waals surface area (Å²) in [5.74, 6) is 1.000. The van der Waals surface area contributed by atoms with Gasteiger partial charge in [-0.15, -0.1) is 5.10 Å². The Morgan fingerprint density at radius 1 is 1.27 bits per heavy atom. The minimum Gasteiger partial charge on any atom is -0.357 e. The molecule has 0 radical (unpaired) electrons. The number of rotatable bonds is 2. The molecule has 1 aromatic carbocycles. The molecule has 0 spiro atoms. The van der Waals surface area contributed by atoms with E-state index >= 15 is 0 Å². The summed E-state index contributed by atoms with van der Waals surface area (Å²) in [5.41, 5.74) is 0.800. The molecule has 0 amide bonds. The highest BCUT2D eigenvalue weighted by Crippen LogP contribution is 2.17. The highest BCUT2D eigenvalue weighted by Gasteiger charge is 2.07. The molecule has 78 valence electrons. The summed E-state index contributed by atoms with van der Waals surface area (Å²) in [5, 5.41) is 7.11. The van der Waals surface area contributed by atoms with Gasteiger partial charge in [-0.1, -0.05) is 0 Å². The molecule has 0 unspecified atom stereocenters. The minimum absolute atomic E-state index is 0.261. The molecule has 2 aromatic rings. The predicted octanol–water partition coefficient (Wildman–Crippen LogP) is 1.66. The highest BCUT2D eigenvalue weighted by molar-refractivity contribution is 5.55. The molecule has 0 aliphatic carbocycles. The number of nitrogens with one attached hydrogen (secondary N) is 1. The van der Waals surface area contributed by atoms with Crippen LogP contribution in [0, 0.1) is 5.82 Å². The van der Waals surface area contributed by atoms with Crippen molar-refractivity contribution in [3.05, 3.63) is 30.1 Å². The van der Waals surface area contributed by atoms with Crippen LogP contribution in [0.1, 0.15) is 0 Å². The average Bonchev–Trinajstić information content (AvgIpc) is 2.61.